The van der Waals surface area contributed by atoms with Crippen LogP contribution in [0.15, 0.2) is 10.6 Å². The van der Waals surface area contributed by atoms with E-state index in [1.54, 1.807) is 0 Å². The van der Waals surface area contributed by atoms with Gasteiger partial charge >= 0.3 is 0 Å². The summed E-state index contributed by atoms with van der Waals surface area (Å²) in [5, 5.41) is 1.11. The first kappa shape index (κ1) is 9.12. The van der Waals surface area contributed by atoms with Gasteiger partial charge in [-0.25, -0.2) is 0 Å². The van der Waals surface area contributed by atoms with Crippen LogP contribution in [0, 0.1) is 5.41 Å². The van der Waals surface area contributed by atoms with Crippen LogP contribution in [0.3, 0.4) is 0 Å². The van der Waals surface area contributed by atoms with Crippen LogP contribution in [0.1, 0.15) is 46.5 Å². The quantitative estimate of drug-likeness (QED) is 0.559. The van der Waals surface area contributed by atoms with Gasteiger partial charge < -0.3 is 0 Å². The smallest absolute Gasteiger partial charge is 0.0175 e. The van der Waals surface area contributed by atoms with E-state index in [1.807, 2.05) is 0 Å². The highest BCUT2D eigenvalue weighted by atomic mass is 35.5. The highest BCUT2D eigenvalue weighted by Crippen LogP contribution is 2.43. The van der Waals surface area contributed by atoms with Crippen molar-refractivity contribution in [3.05, 3.63) is 10.6 Å². The van der Waals surface area contributed by atoms with Crippen molar-refractivity contribution in [3.8, 4) is 0 Å². The molecule has 0 heterocycles. The molecule has 1 rings (SSSR count). The molecule has 0 radical (unpaired) electrons. The predicted molar refractivity (Wildman–Crippen MR) is 50.8 cm³/mol. The van der Waals surface area contributed by atoms with E-state index in [1.165, 1.54) is 24.8 Å². The van der Waals surface area contributed by atoms with E-state index in [9.17, 15) is 0 Å². The molecule has 0 N–H and O–H groups in total. The summed E-state index contributed by atoms with van der Waals surface area (Å²) in [6.07, 6.45) is 4.89. The van der Waals surface area contributed by atoms with Crippen molar-refractivity contribution >= 4 is 11.6 Å². The second-order valence-electron chi connectivity index (χ2n) is 3.80. The molecule has 0 nitrogen and oxygen atoms in total. The molecule has 1 aliphatic rings. The normalized spacial score (nSPS) is 32.7. The van der Waals surface area contributed by atoms with Crippen molar-refractivity contribution in [2.24, 2.45) is 5.41 Å². The molecule has 0 aromatic carbocycles. The van der Waals surface area contributed by atoms with Gasteiger partial charge in [0.15, 0.2) is 0 Å². The lowest BCUT2D eigenvalue weighted by atomic mass is 9.73. The van der Waals surface area contributed by atoms with E-state index in [0.717, 1.165) is 11.5 Å². The maximum Gasteiger partial charge on any atom is 0.0175 e. The molecule has 0 aromatic heterocycles. The van der Waals surface area contributed by atoms with Crippen LogP contribution in [0.4, 0.5) is 0 Å². The molecule has 0 aromatic rings. The Labute approximate surface area is 74.6 Å². The van der Waals surface area contributed by atoms with Crippen LogP contribution in [-0.4, -0.2) is 0 Å². The summed E-state index contributed by atoms with van der Waals surface area (Å²) in [5.74, 6) is 0. The molecular weight excluding hydrogens is 156 g/mol. The molecule has 11 heavy (non-hydrogen) atoms. The summed E-state index contributed by atoms with van der Waals surface area (Å²) in [6, 6.07) is 0. The minimum atomic E-state index is 0.398. The minimum Gasteiger partial charge on any atom is -0.0892 e. The SMILES string of the molecule is CCC1(C)CCCC(Cl)=C1C. The van der Waals surface area contributed by atoms with Crippen molar-refractivity contribution in [1.29, 1.82) is 0 Å². The van der Waals surface area contributed by atoms with Crippen LogP contribution in [0.2, 0.25) is 0 Å². The van der Waals surface area contributed by atoms with Crippen molar-refractivity contribution in [2.75, 3.05) is 0 Å². The molecule has 1 aliphatic carbocycles. The number of hydrogen-bond acceptors (Lipinski definition) is 0. The average Bonchev–Trinajstić information content (AvgIpc) is 2.00. The van der Waals surface area contributed by atoms with E-state index in [-0.39, 0.29) is 0 Å². The molecule has 1 heteroatoms. The van der Waals surface area contributed by atoms with E-state index in [4.69, 9.17) is 11.6 Å². The lowest BCUT2D eigenvalue weighted by Crippen LogP contribution is -2.20. The van der Waals surface area contributed by atoms with Gasteiger partial charge in [-0.3, -0.25) is 0 Å². The third-order valence-corrected chi connectivity index (χ3v) is 3.69. The number of rotatable bonds is 1. The van der Waals surface area contributed by atoms with Crippen LogP contribution in [-0.2, 0) is 0 Å². The van der Waals surface area contributed by atoms with Gasteiger partial charge in [0.25, 0.3) is 0 Å². The number of hydrogen-bond donors (Lipinski definition) is 0. The first-order valence-electron chi connectivity index (χ1n) is 4.46. The first-order valence-corrected chi connectivity index (χ1v) is 4.83. The Hall–Kier alpha value is 0.0300. The summed E-state index contributed by atoms with van der Waals surface area (Å²) >= 11 is 6.11. The third-order valence-electron chi connectivity index (χ3n) is 3.22. The third kappa shape index (κ3) is 1.61. The Morgan fingerprint density at radius 2 is 2.18 bits per heavy atom. The highest BCUT2D eigenvalue weighted by Gasteiger charge is 2.28. The van der Waals surface area contributed by atoms with E-state index in [0.29, 0.717) is 5.41 Å². The van der Waals surface area contributed by atoms with Gasteiger partial charge in [0.05, 0.1) is 0 Å². The molecule has 1 atom stereocenters. The van der Waals surface area contributed by atoms with Gasteiger partial charge in [-0.05, 0) is 38.0 Å². The summed E-state index contributed by atoms with van der Waals surface area (Å²) in [7, 11) is 0. The molecule has 0 saturated heterocycles. The van der Waals surface area contributed by atoms with Gasteiger partial charge in [-0.15, -0.1) is 0 Å². The fourth-order valence-corrected chi connectivity index (χ4v) is 2.14. The van der Waals surface area contributed by atoms with Crippen molar-refractivity contribution in [1.82, 2.24) is 0 Å². The topological polar surface area (TPSA) is 0 Å². The van der Waals surface area contributed by atoms with Crippen molar-refractivity contribution < 1.29 is 0 Å². The molecule has 0 aliphatic heterocycles. The Morgan fingerprint density at radius 3 is 2.64 bits per heavy atom. The van der Waals surface area contributed by atoms with Gasteiger partial charge in [0, 0.05) is 5.03 Å². The highest BCUT2D eigenvalue weighted by molar-refractivity contribution is 6.30. The maximum absolute atomic E-state index is 6.11. The lowest BCUT2D eigenvalue weighted by molar-refractivity contribution is 0.323. The largest absolute Gasteiger partial charge is 0.0892 e. The monoisotopic (exact) mass is 172 g/mol. The fraction of sp³-hybridized carbons (Fsp3) is 0.800. The second kappa shape index (κ2) is 3.18. The van der Waals surface area contributed by atoms with Gasteiger partial charge in [-0.2, -0.15) is 0 Å². The van der Waals surface area contributed by atoms with Crippen LogP contribution in [0.25, 0.3) is 0 Å². The molecule has 64 valence electrons. The number of allylic oxidation sites excluding steroid dienone is 2. The van der Waals surface area contributed by atoms with Crippen LogP contribution in [0.5, 0.6) is 0 Å². The Balaban J connectivity index is 2.90. The molecule has 0 saturated carbocycles. The van der Waals surface area contributed by atoms with Crippen LogP contribution >= 0.6 is 11.6 Å². The summed E-state index contributed by atoms with van der Waals surface area (Å²) in [4.78, 5) is 0. The van der Waals surface area contributed by atoms with E-state index in [2.05, 4.69) is 20.8 Å². The predicted octanol–water partition coefficient (Wildman–Crippen LogP) is 4.10. The standard InChI is InChI=1S/C10H17Cl/c1-4-10(3)7-5-6-9(11)8(10)2/h4-7H2,1-3H3. The lowest BCUT2D eigenvalue weighted by Gasteiger charge is -2.34. The zero-order valence-corrected chi connectivity index (χ0v) is 8.46. The summed E-state index contributed by atoms with van der Waals surface area (Å²) < 4.78 is 0. The molecule has 1 unspecified atom stereocenters. The first-order chi connectivity index (χ1) is 5.10. The Morgan fingerprint density at radius 1 is 1.55 bits per heavy atom. The van der Waals surface area contributed by atoms with Crippen molar-refractivity contribution in [2.45, 2.75) is 46.5 Å². The fourth-order valence-electron chi connectivity index (χ4n) is 1.78. The Bertz CT molecular complexity index is 181. The average molecular weight is 173 g/mol. The maximum atomic E-state index is 6.11. The number of halogens is 1. The Kier molecular flexibility index (Phi) is 2.64. The van der Waals surface area contributed by atoms with E-state index < -0.39 is 0 Å². The van der Waals surface area contributed by atoms with Crippen LogP contribution < -0.4 is 0 Å². The van der Waals surface area contributed by atoms with Gasteiger partial charge in [-0.1, -0.05) is 31.0 Å². The zero-order chi connectivity index (χ0) is 8.48. The van der Waals surface area contributed by atoms with Gasteiger partial charge in [0.1, 0.15) is 0 Å². The summed E-state index contributed by atoms with van der Waals surface area (Å²) in [5.41, 5.74) is 1.82. The second-order valence-corrected chi connectivity index (χ2v) is 4.25. The van der Waals surface area contributed by atoms with Crippen molar-refractivity contribution in [3.63, 3.8) is 0 Å². The zero-order valence-electron chi connectivity index (χ0n) is 7.71. The molecule has 0 spiro atoms. The summed E-state index contributed by atoms with van der Waals surface area (Å²) in [6.45, 7) is 6.76. The molecular formula is C10H17Cl. The molecule has 0 amide bonds. The van der Waals surface area contributed by atoms with E-state index >= 15 is 0 Å². The molecule has 0 bridgehead atoms. The van der Waals surface area contributed by atoms with Gasteiger partial charge in [0.2, 0.25) is 0 Å². The molecule has 0 fully saturated rings. The minimum absolute atomic E-state index is 0.398.